The number of nitrogens with zero attached hydrogens (tertiary/aromatic N) is 5. The van der Waals surface area contributed by atoms with Crippen molar-refractivity contribution >= 4 is 35.7 Å². The summed E-state index contributed by atoms with van der Waals surface area (Å²) in [4.78, 5) is 46.0. The van der Waals surface area contributed by atoms with E-state index in [0.29, 0.717) is 11.6 Å². The second-order valence-corrected chi connectivity index (χ2v) is 12.0. The molecular weight excluding hydrogens is 491 g/mol. The van der Waals surface area contributed by atoms with Crippen LogP contribution in [0, 0.1) is 6.92 Å². The molecule has 0 spiro atoms. The summed E-state index contributed by atoms with van der Waals surface area (Å²) in [5.74, 6) is 0. The predicted octanol–water partition coefficient (Wildman–Crippen LogP) is 0.967. The average Bonchev–Trinajstić information content (AvgIpc) is 3.48. The zero-order valence-electron chi connectivity index (χ0n) is 19.1. The highest BCUT2D eigenvalue weighted by atomic mass is 32.2. The Balaban J connectivity index is 0.000000357. The van der Waals surface area contributed by atoms with Crippen LogP contribution in [0.2, 0.25) is 0 Å². The number of aryl methyl sites for hydroxylation is 1. The molecular formula is C19H34FN5O5P2S. The van der Waals surface area contributed by atoms with E-state index in [1.807, 2.05) is 24.9 Å². The molecule has 4 N–H and O–H groups in total. The molecule has 2 saturated heterocycles. The Kier molecular flexibility index (Phi) is 11.3. The van der Waals surface area contributed by atoms with Crippen molar-refractivity contribution in [3.05, 3.63) is 23.9 Å². The molecule has 188 valence electrons. The number of hydrogen-bond acceptors (Lipinski definition) is 10. The van der Waals surface area contributed by atoms with Crippen LogP contribution < -0.4 is 0 Å². The highest BCUT2D eigenvalue weighted by molar-refractivity contribution is 7.94. The SMILES string of the molecule is CN(CCC(O)(PO)P(O)O)CC1(C)CN1N1CCN(C=O)CC1.Cc1ccc(SF)nc1. The average molecular weight is 526 g/mol. The number of hydrogen-bond donors (Lipinski definition) is 4. The molecule has 0 aliphatic carbocycles. The molecule has 33 heavy (non-hydrogen) atoms. The van der Waals surface area contributed by atoms with Gasteiger partial charge in [0.15, 0.2) is 5.08 Å². The van der Waals surface area contributed by atoms with Crippen LogP contribution in [-0.4, -0.2) is 114 Å². The minimum absolute atomic E-state index is 0.0148. The number of likely N-dealkylation sites (N-methyl/N-ethyl adjacent to an activating group) is 1. The summed E-state index contributed by atoms with van der Waals surface area (Å²) in [5, 5.41) is 13.2. The molecule has 10 nitrogen and oxygen atoms in total. The van der Waals surface area contributed by atoms with Crippen LogP contribution in [0.15, 0.2) is 23.4 Å². The first-order valence-corrected chi connectivity index (χ1v) is 13.4. The first kappa shape index (κ1) is 28.7. The summed E-state index contributed by atoms with van der Waals surface area (Å²) < 4.78 is 11.7. The monoisotopic (exact) mass is 525 g/mol. The zero-order chi connectivity index (χ0) is 24.6. The van der Waals surface area contributed by atoms with E-state index in [0.717, 1.165) is 51.2 Å². The fourth-order valence-electron chi connectivity index (χ4n) is 3.63. The van der Waals surface area contributed by atoms with Crippen molar-refractivity contribution in [1.29, 1.82) is 0 Å². The maximum Gasteiger partial charge on any atom is 0.209 e. The maximum absolute atomic E-state index is 11.7. The Morgan fingerprint density at radius 3 is 2.52 bits per heavy atom. The maximum atomic E-state index is 11.7. The van der Waals surface area contributed by atoms with E-state index in [1.54, 1.807) is 17.2 Å². The standard InChI is InChI=1S/C13H28N4O5P2.C6H6FNS/c1-12(9-14(2)4-3-13(19,23-20)24(21)22)10-17(12)16-7-5-15(11-18)6-8-16;1-5-2-3-6(9-7)8-4-5/h11,19-23H,3-10H2,1-2H3;2-4H,1H3. The van der Waals surface area contributed by atoms with Gasteiger partial charge in [-0.15, -0.1) is 0 Å². The number of carbonyl (C=O) groups is 1. The van der Waals surface area contributed by atoms with E-state index in [2.05, 4.69) is 21.9 Å². The molecule has 0 saturated carbocycles. The molecule has 4 unspecified atom stereocenters. The third-order valence-corrected chi connectivity index (χ3v) is 8.51. The molecule has 1 aromatic heterocycles. The summed E-state index contributed by atoms with van der Waals surface area (Å²) in [6.07, 6.45) is 2.65. The second kappa shape index (κ2) is 13.0. The highest BCUT2D eigenvalue weighted by Crippen LogP contribution is 2.52. The van der Waals surface area contributed by atoms with E-state index >= 15 is 0 Å². The van der Waals surface area contributed by atoms with E-state index in [1.165, 1.54) is 0 Å². The highest BCUT2D eigenvalue weighted by Gasteiger charge is 2.52. The van der Waals surface area contributed by atoms with Gasteiger partial charge in [-0.25, -0.2) is 15.0 Å². The number of amides is 1. The van der Waals surface area contributed by atoms with Crippen molar-refractivity contribution in [3.8, 4) is 0 Å². The number of aliphatic hydroxyl groups is 1. The fraction of sp³-hybridized carbons (Fsp3) is 0.684. The van der Waals surface area contributed by atoms with Gasteiger partial charge in [0.25, 0.3) is 0 Å². The molecule has 2 fully saturated rings. The Hall–Kier alpha value is -0.520. The van der Waals surface area contributed by atoms with E-state index < -0.39 is 22.3 Å². The van der Waals surface area contributed by atoms with E-state index in [9.17, 15) is 28.5 Å². The van der Waals surface area contributed by atoms with Crippen molar-refractivity contribution in [2.45, 2.75) is 35.9 Å². The quantitative estimate of drug-likeness (QED) is 0.200. The number of hydrazine groups is 1. The Morgan fingerprint density at radius 1 is 1.36 bits per heavy atom. The summed E-state index contributed by atoms with van der Waals surface area (Å²) in [7, 11) is -1.57. The summed E-state index contributed by atoms with van der Waals surface area (Å²) in [6, 6.07) is 3.48. The number of pyridine rings is 1. The lowest BCUT2D eigenvalue weighted by Crippen LogP contribution is -2.50. The molecule has 0 aromatic carbocycles. The van der Waals surface area contributed by atoms with Gasteiger partial charge in [0.2, 0.25) is 14.8 Å². The van der Waals surface area contributed by atoms with Crippen LogP contribution in [0.5, 0.6) is 0 Å². The van der Waals surface area contributed by atoms with Crippen LogP contribution in [0.4, 0.5) is 3.89 Å². The first-order valence-electron chi connectivity index (χ1n) is 10.5. The summed E-state index contributed by atoms with van der Waals surface area (Å²) >= 11 is 0.166. The van der Waals surface area contributed by atoms with Gasteiger partial charge in [-0.1, -0.05) is 6.07 Å². The molecule has 1 amide bonds. The lowest BCUT2D eigenvalue weighted by atomic mass is 10.2. The van der Waals surface area contributed by atoms with Crippen molar-refractivity contribution < 1.29 is 28.5 Å². The van der Waals surface area contributed by atoms with Crippen molar-refractivity contribution in [3.63, 3.8) is 0 Å². The summed E-state index contributed by atoms with van der Waals surface area (Å²) in [6.45, 7) is 9.43. The number of aromatic nitrogens is 1. The van der Waals surface area contributed by atoms with E-state index in [4.69, 9.17) is 0 Å². The van der Waals surface area contributed by atoms with Crippen molar-refractivity contribution in [2.24, 2.45) is 0 Å². The molecule has 3 rings (SSSR count). The normalized spacial score (nSPS) is 25.3. The largest absolute Gasteiger partial charge is 0.374 e. The van der Waals surface area contributed by atoms with Gasteiger partial charge in [-0.2, -0.15) is 3.89 Å². The Morgan fingerprint density at radius 2 is 2.03 bits per heavy atom. The molecule has 1 aromatic rings. The number of halogens is 1. The minimum atomic E-state index is -2.58. The molecule has 2 aliphatic heterocycles. The topological polar surface area (TPSA) is 124 Å². The van der Waals surface area contributed by atoms with Crippen LogP contribution in [-0.2, 0) is 4.79 Å². The first-order chi connectivity index (χ1) is 15.6. The Bertz CT molecular complexity index is 750. The van der Waals surface area contributed by atoms with Gasteiger partial charge in [-0.05, 0) is 32.5 Å². The molecule has 3 heterocycles. The van der Waals surface area contributed by atoms with Gasteiger partial charge in [0.05, 0.1) is 14.3 Å². The third kappa shape index (κ3) is 8.58. The molecule has 4 atom stereocenters. The number of carbonyl (C=O) groups excluding carboxylic acids is 1. The minimum Gasteiger partial charge on any atom is -0.374 e. The molecule has 14 heteroatoms. The second-order valence-electron chi connectivity index (χ2n) is 8.61. The lowest BCUT2D eigenvalue weighted by molar-refractivity contribution is -0.121. The van der Waals surface area contributed by atoms with Gasteiger partial charge in [0, 0.05) is 58.4 Å². The molecule has 0 radical (unpaired) electrons. The fourth-order valence-corrected chi connectivity index (χ4v) is 4.72. The predicted molar refractivity (Wildman–Crippen MR) is 129 cm³/mol. The number of rotatable bonds is 10. The number of piperazine rings is 1. The Labute approximate surface area is 201 Å². The van der Waals surface area contributed by atoms with E-state index in [-0.39, 0.29) is 24.1 Å². The van der Waals surface area contributed by atoms with Gasteiger partial charge in [-0.3, -0.25) is 4.79 Å². The van der Waals surface area contributed by atoms with Crippen molar-refractivity contribution in [1.82, 2.24) is 24.8 Å². The molecule has 0 bridgehead atoms. The van der Waals surface area contributed by atoms with Gasteiger partial charge >= 0.3 is 0 Å². The van der Waals surface area contributed by atoms with Crippen LogP contribution in [0.25, 0.3) is 0 Å². The smallest absolute Gasteiger partial charge is 0.209 e. The zero-order valence-corrected chi connectivity index (χ0v) is 21.8. The van der Waals surface area contributed by atoms with Crippen LogP contribution in [0.1, 0.15) is 18.9 Å². The van der Waals surface area contributed by atoms with Crippen LogP contribution in [0.3, 0.4) is 0 Å². The summed E-state index contributed by atoms with van der Waals surface area (Å²) in [5.41, 5.74) is 1.06. The third-order valence-electron chi connectivity index (χ3n) is 5.72. The lowest BCUT2D eigenvalue weighted by Gasteiger charge is -2.35. The molecule has 2 aliphatic rings. The van der Waals surface area contributed by atoms with Gasteiger partial charge in [0.1, 0.15) is 17.2 Å². The van der Waals surface area contributed by atoms with Gasteiger partial charge < -0.3 is 29.6 Å². The van der Waals surface area contributed by atoms with Crippen LogP contribution >= 0.6 is 29.3 Å². The van der Waals surface area contributed by atoms with Crippen molar-refractivity contribution in [2.75, 3.05) is 52.9 Å².